The van der Waals surface area contributed by atoms with Crippen LogP contribution in [0.4, 0.5) is 14.5 Å². The van der Waals surface area contributed by atoms with E-state index in [9.17, 15) is 17.2 Å². The Balaban J connectivity index is 1.97. The van der Waals surface area contributed by atoms with Gasteiger partial charge in [0.05, 0.1) is 10.6 Å². The Bertz CT molecular complexity index is 752. The van der Waals surface area contributed by atoms with E-state index in [2.05, 4.69) is 5.32 Å². The van der Waals surface area contributed by atoms with Crippen molar-refractivity contribution in [1.29, 1.82) is 0 Å². The Kier molecular flexibility index (Phi) is 5.79. The lowest BCUT2D eigenvalue weighted by molar-refractivity contribution is 0.235. The second-order valence-corrected chi connectivity index (χ2v) is 6.85. The standard InChI is InChI=1S/C15H14ClF2NO3S/c16-11-5-7-12(8-6-11)22-10-9-19-13-3-1-2-4-14(13)23(20,21)15(17)18/h1-8,15,19H,9-10H2. The molecule has 2 rings (SSSR count). The maximum atomic E-state index is 12.7. The van der Waals surface area contributed by atoms with Crippen LogP contribution in [0.2, 0.25) is 5.02 Å². The molecule has 23 heavy (non-hydrogen) atoms. The van der Waals surface area contributed by atoms with Crippen LogP contribution in [-0.2, 0) is 9.84 Å². The lowest BCUT2D eigenvalue weighted by Crippen LogP contribution is -2.17. The molecule has 8 heteroatoms. The number of para-hydroxylation sites is 1. The van der Waals surface area contributed by atoms with Crippen molar-refractivity contribution in [3.05, 3.63) is 53.6 Å². The summed E-state index contributed by atoms with van der Waals surface area (Å²) >= 11 is 5.75. The van der Waals surface area contributed by atoms with Crippen molar-refractivity contribution in [2.24, 2.45) is 0 Å². The first-order chi connectivity index (χ1) is 10.9. The van der Waals surface area contributed by atoms with Gasteiger partial charge in [-0.2, -0.15) is 8.78 Å². The highest BCUT2D eigenvalue weighted by Crippen LogP contribution is 2.25. The van der Waals surface area contributed by atoms with Crippen molar-refractivity contribution in [2.45, 2.75) is 10.7 Å². The Morgan fingerprint density at radius 1 is 1.09 bits per heavy atom. The summed E-state index contributed by atoms with van der Waals surface area (Å²) in [5.41, 5.74) is 0.118. The average Bonchev–Trinajstić information content (AvgIpc) is 2.53. The third kappa shape index (κ3) is 4.56. The maximum Gasteiger partial charge on any atom is 0.341 e. The van der Waals surface area contributed by atoms with Gasteiger partial charge in [-0.05, 0) is 36.4 Å². The molecule has 0 saturated carbocycles. The summed E-state index contributed by atoms with van der Waals surface area (Å²) < 4.78 is 54.0. The second-order valence-electron chi connectivity index (χ2n) is 4.53. The molecule has 0 aromatic heterocycles. The number of benzene rings is 2. The molecule has 0 aliphatic rings. The number of alkyl halides is 2. The number of sulfone groups is 1. The first-order valence-corrected chi connectivity index (χ1v) is 8.57. The minimum Gasteiger partial charge on any atom is -0.492 e. The van der Waals surface area contributed by atoms with Crippen molar-refractivity contribution in [3.63, 3.8) is 0 Å². The van der Waals surface area contributed by atoms with Crippen LogP contribution in [0.15, 0.2) is 53.4 Å². The van der Waals surface area contributed by atoms with Gasteiger partial charge in [0, 0.05) is 11.6 Å². The van der Waals surface area contributed by atoms with Crippen LogP contribution < -0.4 is 10.1 Å². The van der Waals surface area contributed by atoms with Crippen molar-refractivity contribution in [3.8, 4) is 5.75 Å². The van der Waals surface area contributed by atoms with Crippen LogP contribution in [0.1, 0.15) is 0 Å². The van der Waals surface area contributed by atoms with Gasteiger partial charge in [-0.15, -0.1) is 0 Å². The van der Waals surface area contributed by atoms with Gasteiger partial charge in [-0.1, -0.05) is 23.7 Å². The Labute approximate surface area is 138 Å². The summed E-state index contributed by atoms with van der Waals surface area (Å²) in [5, 5.41) is 3.38. The molecule has 2 aromatic rings. The minimum absolute atomic E-state index is 0.118. The largest absolute Gasteiger partial charge is 0.492 e. The third-order valence-corrected chi connectivity index (χ3v) is 4.62. The van der Waals surface area contributed by atoms with Crippen molar-refractivity contribution < 1.29 is 21.9 Å². The number of hydrogen-bond donors (Lipinski definition) is 1. The van der Waals surface area contributed by atoms with Gasteiger partial charge >= 0.3 is 5.76 Å². The molecule has 0 radical (unpaired) electrons. The van der Waals surface area contributed by atoms with Gasteiger partial charge in [0.15, 0.2) is 0 Å². The van der Waals surface area contributed by atoms with Crippen LogP contribution in [0.3, 0.4) is 0 Å². The van der Waals surface area contributed by atoms with Gasteiger partial charge in [0.1, 0.15) is 12.4 Å². The first-order valence-electron chi connectivity index (χ1n) is 6.64. The van der Waals surface area contributed by atoms with E-state index in [0.717, 1.165) is 6.07 Å². The summed E-state index contributed by atoms with van der Waals surface area (Å²) in [6.07, 6.45) is 0. The number of nitrogens with one attached hydrogen (secondary N) is 1. The normalized spacial score (nSPS) is 11.5. The summed E-state index contributed by atoms with van der Waals surface area (Å²) in [6, 6.07) is 12.3. The zero-order valence-electron chi connectivity index (χ0n) is 11.9. The second kappa shape index (κ2) is 7.61. The van der Waals surface area contributed by atoms with Crippen molar-refractivity contribution >= 4 is 27.1 Å². The number of anilines is 1. The van der Waals surface area contributed by atoms with Crippen LogP contribution in [0.5, 0.6) is 5.75 Å². The van der Waals surface area contributed by atoms with E-state index in [1.807, 2.05) is 0 Å². The predicted molar refractivity (Wildman–Crippen MR) is 85.1 cm³/mol. The van der Waals surface area contributed by atoms with Gasteiger partial charge in [-0.3, -0.25) is 0 Å². The summed E-state index contributed by atoms with van der Waals surface area (Å²) in [7, 11) is -4.65. The van der Waals surface area contributed by atoms with E-state index in [-0.39, 0.29) is 18.8 Å². The quantitative estimate of drug-likeness (QED) is 0.761. The zero-order valence-corrected chi connectivity index (χ0v) is 13.4. The lowest BCUT2D eigenvalue weighted by Gasteiger charge is -2.12. The summed E-state index contributed by atoms with van der Waals surface area (Å²) in [4.78, 5) is -0.429. The topological polar surface area (TPSA) is 55.4 Å². The van der Waals surface area contributed by atoms with Gasteiger partial charge in [0.2, 0.25) is 9.84 Å². The van der Waals surface area contributed by atoms with Gasteiger partial charge in [0.25, 0.3) is 0 Å². The molecular formula is C15H14ClF2NO3S. The molecular weight excluding hydrogens is 348 g/mol. The molecule has 2 aromatic carbocycles. The highest BCUT2D eigenvalue weighted by Gasteiger charge is 2.28. The number of rotatable bonds is 7. The van der Waals surface area contributed by atoms with E-state index >= 15 is 0 Å². The molecule has 4 nitrogen and oxygen atoms in total. The molecule has 0 heterocycles. The molecule has 0 unspecified atom stereocenters. The highest BCUT2D eigenvalue weighted by molar-refractivity contribution is 7.91. The lowest BCUT2D eigenvalue weighted by atomic mass is 10.3. The third-order valence-electron chi connectivity index (χ3n) is 2.93. The van der Waals surface area contributed by atoms with Gasteiger partial charge < -0.3 is 10.1 Å². The van der Waals surface area contributed by atoms with Crippen LogP contribution >= 0.6 is 11.6 Å². The van der Waals surface area contributed by atoms with Gasteiger partial charge in [-0.25, -0.2) is 8.42 Å². The minimum atomic E-state index is -4.65. The van der Waals surface area contributed by atoms with Crippen LogP contribution in [0.25, 0.3) is 0 Å². The average molecular weight is 362 g/mol. The number of hydrogen-bond acceptors (Lipinski definition) is 4. The van der Waals surface area contributed by atoms with Crippen molar-refractivity contribution in [1.82, 2.24) is 0 Å². The maximum absolute atomic E-state index is 12.7. The molecule has 0 bridgehead atoms. The fourth-order valence-corrected chi connectivity index (χ4v) is 2.88. The zero-order chi connectivity index (χ0) is 16.9. The molecule has 0 amide bonds. The smallest absolute Gasteiger partial charge is 0.341 e. The molecule has 0 spiro atoms. The fourth-order valence-electron chi connectivity index (χ4n) is 1.84. The van der Waals surface area contributed by atoms with E-state index < -0.39 is 20.5 Å². The SMILES string of the molecule is O=S(=O)(c1ccccc1NCCOc1ccc(Cl)cc1)C(F)F. The highest BCUT2D eigenvalue weighted by atomic mass is 35.5. The fraction of sp³-hybridized carbons (Fsp3) is 0.200. The summed E-state index contributed by atoms with van der Waals surface area (Å²) in [5.74, 6) is -2.86. The summed E-state index contributed by atoms with van der Waals surface area (Å²) in [6.45, 7) is 0.475. The van der Waals surface area contributed by atoms with E-state index in [1.54, 1.807) is 30.3 Å². The Morgan fingerprint density at radius 3 is 2.39 bits per heavy atom. The molecule has 0 atom stereocenters. The Morgan fingerprint density at radius 2 is 1.74 bits per heavy atom. The molecule has 0 aliphatic heterocycles. The molecule has 0 aliphatic carbocycles. The van der Waals surface area contributed by atoms with E-state index in [1.165, 1.54) is 12.1 Å². The monoisotopic (exact) mass is 361 g/mol. The molecule has 0 saturated heterocycles. The predicted octanol–water partition coefficient (Wildman–Crippen LogP) is 3.83. The van der Waals surface area contributed by atoms with Crippen LogP contribution in [0, 0.1) is 0 Å². The number of ether oxygens (including phenoxy) is 1. The van der Waals surface area contributed by atoms with E-state index in [0.29, 0.717) is 10.8 Å². The van der Waals surface area contributed by atoms with E-state index in [4.69, 9.17) is 16.3 Å². The first kappa shape index (κ1) is 17.5. The molecule has 124 valence electrons. The van der Waals surface area contributed by atoms with Crippen molar-refractivity contribution in [2.75, 3.05) is 18.5 Å². The molecule has 1 N–H and O–H groups in total. The van der Waals surface area contributed by atoms with Crippen LogP contribution in [-0.4, -0.2) is 27.3 Å². The number of halogens is 3. The molecule has 0 fully saturated rings. The Hall–Kier alpha value is -1.86.